The smallest absolute Gasteiger partial charge is 0.00414 e. The van der Waals surface area contributed by atoms with E-state index < -0.39 is 0 Å². The molecule has 0 aliphatic carbocycles. The van der Waals surface area contributed by atoms with Crippen molar-refractivity contribution in [3.05, 3.63) is 37.0 Å². The molecule has 1 nitrogen and oxygen atoms in total. The Balaban J connectivity index is 4.17. The molecule has 0 bridgehead atoms. The summed E-state index contributed by atoms with van der Waals surface area (Å²) in [5.74, 6) is 0. The lowest BCUT2D eigenvalue weighted by Gasteiger charge is -2.30. The quantitative estimate of drug-likeness (QED) is 0.574. The highest BCUT2D eigenvalue weighted by atomic mass is 15.2. The van der Waals surface area contributed by atoms with E-state index in [1.165, 1.54) is 0 Å². The lowest BCUT2D eigenvalue weighted by atomic mass is 10.1. The molecular formula is C14H25N. The Hall–Kier alpha value is -0.820. The van der Waals surface area contributed by atoms with Crippen LogP contribution in [0.25, 0.3) is 0 Å². The van der Waals surface area contributed by atoms with Crippen molar-refractivity contribution < 1.29 is 0 Å². The summed E-state index contributed by atoms with van der Waals surface area (Å²) in [4.78, 5) is 2.46. The van der Waals surface area contributed by atoms with E-state index in [2.05, 4.69) is 52.3 Å². The maximum absolute atomic E-state index is 4.02. The molecule has 0 atom stereocenters. The third-order valence-electron chi connectivity index (χ3n) is 2.70. The Morgan fingerprint density at radius 1 is 1.13 bits per heavy atom. The zero-order valence-corrected chi connectivity index (χ0v) is 10.7. The van der Waals surface area contributed by atoms with Gasteiger partial charge in [-0.2, -0.15) is 0 Å². The fourth-order valence-corrected chi connectivity index (χ4v) is 1.68. The number of rotatable bonds is 7. The van der Waals surface area contributed by atoms with E-state index >= 15 is 0 Å². The van der Waals surface area contributed by atoms with Crippen molar-refractivity contribution in [2.75, 3.05) is 6.54 Å². The van der Waals surface area contributed by atoms with Crippen LogP contribution in [0.5, 0.6) is 0 Å². The Bertz CT molecular complexity index is 228. The average Bonchev–Trinajstić information content (AvgIpc) is 2.15. The highest BCUT2D eigenvalue weighted by Crippen LogP contribution is 2.14. The minimum Gasteiger partial charge on any atom is -0.298 e. The average molecular weight is 207 g/mol. The summed E-state index contributed by atoms with van der Waals surface area (Å²) < 4.78 is 0. The van der Waals surface area contributed by atoms with Crippen molar-refractivity contribution in [3.63, 3.8) is 0 Å². The van der Waals surface area contributed by atoms with Gasteiger partial charge in [0, 0.05) is 18.6 Å². The first-order valence-corrected chi connectivity index (χ1v) is 5.65. The highest BCUT2D eigenvalue weighted by molar-refractivity contribution is 5.33. The second-order valence-electron chi connectivity index (χ2n) is 4.51. The molecule has 0 aromatic heterocycles. The van der Waals surface area contributed by atoms with Crippen molar-refractivity contribution >= 4 is 0 Å². The Kier molecular flexibility index (Phi) is 6.26. The molecule has 0 unspecified atom stereocenters. The summed E-state index contributed by atoms with van der Waals surface area (Å²) in [6.07, 6.45) is 2.75. The molecule has 0 fully saturated rings. The summed E-state index contributed by atoms with van der Waals surface area (Å²) in [5.41, 5.74) is 2.05. The Labute approximate surface area is 95.2 Å². The molecule has 0 aliphatic heterocycles. The van der Waals surface area contributed by atoms with Crippen molar-refractivity contribution in [1.29, 1.82) is 0 Å². The maximum Gasteiger partial charge on any atom is 0.00414 e. The summed E-state index contributed by atoms with van der Waals surface area (Å²) in [5, 5.41) is 0. The number of nitrogens with zero attached hydrogens (tertiary/aromatic N) is 1. The molecule has 0 saturated heterocycles. The van der Waals surface area contributed by atoms with E-state index in [1.54, 1.807) is 6.08 Å². The number of hydrogen-bond donors (Lipinski definition) is 0. The molecular weight excluding hydrogens is 182 g/mol. The summed E-state index contributed by atoms with van der Waals surface area (Å²) in [7, 11) is 0. The molecule has 0 radical (unpaired) electrons. The van der Waals surface area contributed by atoms with Crippen LogP contribution in [0.4, 0.5) is 0 Å². The molecule has 0 N–H and O–H groups in total. The van der Waals surface area contributed by atoms with Crippen molar-refractivity contribution in [1.82, 2.24) is 4.90 Å². The van der Waals surface area contributed by atoms with Gasteiger partial charge in [-0.05, 0) is 45.3 Å². The van der Waals surface area contributed by atoms with Gasteiger partial charge in [-0.15, -0.1) is 0 Å². The van der Waals surface area contributed by atoms with E-state index in [9.17, 15) is 0 Å². The van der Waals surface area contributed by atoms with Crippen LogP contribution in [-0.2, 0) is 0 Å². The van der Waals surface area contributed by atoms with Gasteiger partial charge in [0.25, 0.3) is 0 Å². The molecule has 1 heteroatoms. The molecule has 0 saturated carbocycles. The summed E-state index contributed by atoms with van der Waals surface area (Å²) in [6, 6.07) is 1.16. The molecule has 0 spiro atoms. The van der Waals surface area contributed by atoms with Crippen LogP contribution in [0, 0.1) is 0 Å². The standard InChI is InChI=1S/C14H25N/c1-8-13(6)14(7)9-10-15(11(2)3)12(4)5/h8,11-12H,1,6-7,9-10H2,2-5H3. The molecule has 0 aliphatic rings. The first kappa shape index (κ1) is 14.2. The Morgan fingerprint density at radius 3 is 1.93 bits per heavy atom. The Morgan fingerprint density at radius 2 is 1.60 bits per heavy atom. The van der Waals surface area contributed by atoms with Gasteiger partial charge in [-0.25, -0.2) is 0 Å². The zero-order chi connectivity index (χ0) is 12.0. The van der Waals surface area contributed by atoms with Gasteiger partial charge in [-0.1, -0.05) is 25.8 Å². The van der Waals surface area contributed by atoms with E-state index in [0.717, 1.165) is 24.1 Å². The van der Waals surface area contributed by atoms with Gasteiger partial charge in [0.05, 0.1) is 0 Å². The van der Waals surface area contributed by atoms with Crippen LogP contribution in [0.3, 0.4) is 0 Å². The summed E-state index contributed by atoms with van der Waals surface area (Å²) in [6.45, 7) is 21.6. The van der Waals surface area contributed by atoms with Gasteiger partial charge in [0.15, 0.2) is 0 Å². The lowest BCUT2D eigenvalue weighted by Crippen LogP contribution is -2.37. The molecule has 0 heterocycles. The predicted molar refractivity (Wildman–Crippen MR) is 70.1 cm³/mol. The topological polar surface area (TPSA) is 3.24 Å². The maximum atomic E-state index is 4.02. The first-order valence-electron chi connectivity index (χ1n) is 5.65. The highest BCUT2D eigenvalue weighted by Gasteiger charge is 2.13. The second kappa shape index (κ2) is 6.62. The van der Waals surface area contributed by atoms with E-state index in [1.807, 2.05) is 0 Å². The first-order chi connectivity index (χ1) is 6.90. The molecule has 0 aromatic rings. The minimum atomic E-state index is 0.579. The molecule has 15 heavy (non-hydrogen) atoms. The molecule has 86 valence electrons. The SMILES string of the molecule is C=CC(=C)C(=C)CCN(C(C)C)C(C)C. The van der Waals surface area contributed by atoms with E-state index in [-0.39, 0.29) is 0 Å². The largest absolute Gasteiger partial charge is 0.298 e. The van der Waals surface area contributed by atoms with Crippen LogP contribution in [0.2, 0.25) is 0 Å². The minimum absolute atomic E-state index is 0.579. The van der Waals surface area contributed by atoms with Gasteiger partial charge < -0.3 is 0 Å². The van der Waals surface area contributed by atoms with Gasteiger partial charge in [-0.3, -0.25) is 4.90 Å². The third kappa shape index (κ3) is 4.98. The van der Waals surface area contributed by atoms with Crippen LogP contribution >= 0.6 is 0 Å². The predicted octanol–water partition coefficient (Wildman–Crippen LogP) is 3.79. The molecule has 0 aromatic carbocycles. The zero-order valence-electron chi connectivity index (χ0n) is 10.7. The van der Waals surface area contributed by atoms with Crippen LogP contribution in [0.15, 0.2) is 37.0 Å². The number of allylic oxidation sites excluding steroid dienone is 2. The fourth-order valence-electron chi connectivity index (χ4n) is 1.68. The van der Waals surface area contributed by atoms with E-state index in [4.69, 9.17) is 0 Å². The normalized spacial score (nSPS) is 11.1. The van der Waals surface area contributed by atoms with Gasteiger partial charge >= 0.3 is 0 Å². The van der Waals surface area contributed by atoms with Gasteiger partial charge in [0.1, 0.15) is 0 Å². The number of hydrogen-bond acceptors (Lipinski definition) is 1. The fraction of sp³-hybridized carbons (Fsp3) is 0.571. The molecule has 0 rings (SSSR count). The third-order valence-corrected chi connectivity index (χ3v) is 2.70. The lowest BCUT2D eigenvalue weighted by molar-refractivity contribution is 0.177. The monoisotopic (exact) mass is 207 g/mol. The van der Waals surface area contributed by atoms with Gasteiger partial charge in [0.2, 0.25) is 0 Å². The molecule has 0 amide bonds. The van der Waals surface area contributed by atoms with Crippen molar-refractivity contribution in [2.45, 2.75) is 46.2 Å². The van der Waals surface area contributed by atoms with E-state index in [0.29, 0.717) is 12.1 Å². The van der Waals surface area contributed by atoms with Crippen molar-refractivity contribution in [3.8, 4) is 0 Å². The van der Waals surface area contributed by atoms with Crippen molar-refractivity contribution in [2.24, 2.45) is 0 Å². The second-order valence-corrected chi connectivity index (χ2v) is 4.51. The van der Waals surface area contributed by atoms with Crippen LogP contribution < -0.4 is 0 Å². The van der Waals surface area contributed by atoms with Crippen LogP contribution in [0.1, 0.15) is 34.1 Å². The van der Waals surface area contributed by atoms with Crippen LogP contribution in [-0.4, -0.2) is 23.5 Å². The summed E-state index contributed by atoms with van der Waals surface area (Å²) >= 11 is 0.